The normalized spacial score (nSPS) is 27.4. The van der Waals surface area contributed by atoms with Gasteiger partial charge in [-0.1, -0.05) is 5.57 Å². The Morgan fingerprint density at radius 3 is 2.67 bits per heavy atom. The SMILES string of the molecule is C=C(C)CCC1COC(C)(C)O1. The van der Waals surface area contributed by atoms with Crippen LogP contribution in [0.1, 0.15) is 33.6 Å². The molecule has 1 aliphatic heterocycles. The van der Waals surface area contributed by atoms with Crippen LogP contribution in [0, 0.1) is 0 Å². The van der Waals surface area contributed by atoms with Crippen LogP contribution in [-0.2, 0) is 9.47 Å². The zero-order valence-corrected chi connectivity index (χ0v) is 8.22. The quantitative estimate of drug-likeness (QED) is 0.606. The van der Waals surface area contributed by atoms with Gasteiger partial charge < -0.3 is 9.47 Å². The largest absolute Gasteiger partial charge is 0.348 e. The highest BCUT2D eigenvalue weighted by molar-refractivity contribution is 4.89. The Kier molecular flexibility index (Phi) is 2.91. The van der Waals surface area contributed by atoms with Gasteiger partial charge >= 0.3 is 0 Å². The minimum absolute atomic E-state index is 0.261. The summed E-state index contributed by atoms with van der Waals surface area (Å²) in [5, 5.41) is 0. The molecule has 0 amide bonds. The van der Waals surface area contributed by atoms with Crippen molar-refractivity contribution in [3.8, 4) is 0 Å². The van der Waals surface area contributed by atoms with Crippen molar-refractivity contribution >= 4 is 0 Å². The maximum atomic E-state index is 5.64. The lowest BCUT2D eigenvalue weighted by molar-refractivity contribution is -0.138. The van der Waals surface area contributed by atoms with Crippen LogP contribution < -0.4 is 0 Å². The highest BCUT2D eigenvalue weighted by atomic mass is 16.7. The molecule has 2 nitrogen and oxygen atoms in total. The first-order valence-electron chi connectivity index (χ1n) is 4.46. The van der Waals surface area contributed by atoms with Crippen LogP contribution in [0.25, 0.3) is 0 Å². The number of ether oxygens (including phenoxy) is 2. The average molecular weight is 170 g/mol. The summed E-state index contributed by atoms with van der Waals surface area (Å²) in [7, 11) is 0. The van der Waals surface area contributed by atoms with E-state index < -0.39 is 0 Å². The summed E-state index contributed by atoms with van der Waals surface area (Å²) < 4.78 is 11.1. The maximum Gasteiger partial charge on any atom is 0.163 e. The molecule has 2 heteroatoms. The van der Waals surface area contributed by atoms with E-state index in [-0.39, 0.29) is 11.9 Å². The van der Waals surface area contributed by atoms with Crippen LogP contribution >= 0.6 is 0 Å². The van der Waals surface area contributed by atoms with Gasteiger partial charge in [-0.05, 0) is 33.6 Å². The first-order valence-corrected chi connectivity index (χ1v) is 4.46. The Hall–Kier alpha value is -0.340. The monoisotopic (exact) mass is 170 g/mol. The van der Waals surface area contributed by atoms with Crippen LogP contribution in [-0.4, -0.2) is 18.5 Å². The molecule has 0 radical (unpaired) electrons. The summed E-state index contributed by atoms with van der Waals surface area (Å²) in [6.07, 6.45) is 2.32. The predicted molar refractivity (Wildman–Crippen MR) is 49.0 cm³/mol. The van der Waals surface area contributed by atoms with E-state index in [9.17, 15) is 0 Å². The molecule has 1 aliphatic rings. The zero-order valence-electron chi connectivity index (χ0n) is 8.22. The van der Waals surface area contributed by atoms with Crippen molar-refractivity contribution in [2.45, 2.75) is 45.5 Å². The van der Waals surface area contributed by atoms with Crippen LogP contribution in [0.2, 0.25) is 0 Å². The van der Waals surface area contributed by atoms with E-state index >= 15 is 0 Å². The van der Waals surface area contributed by atoms with Crippen molar-refractivity contribution in [1.29, 1.82) is 0 Å². The Bertz CT molecular complexity index is 173. The van der Waals surface area contributed by atoms with Gasteiger partial charge in [0.1, 0.15) is 0 Å². The summed E-state index contributed by atoms with van der Waals surface area (Å²) in [4.78, 5) is 0. The Morgan fingerprint density at radius 2 is 2.25 bits per heavy atom. The molecule has 1 unspecified atom stereocenters. The Balaban J connectivity index is 2.24. The summed E-state index contributed by atoms with van der Waals surface area (Å²) >= 11 is 0. The minimum atomic E-state index is -0.375. The lowest BCUT2D eigenvalue weighted by Crippen LogP contribution is -2.21. The van der Waals surface area contributed by atoms with Crippen molar-refractivity contribution in [2.75, 3.05) is 6.61 Å². The molecule has 12 heavy (non-hydrogen) atoms. The molecule has 1 rings (SSSR count). The van der Waals surface area contributed by atoms with Gasteiger partial charge in [0.05, 0.1) is 12.7 Å². The second-order valence-electron chi connectivity index (χ2n) is 3.95. The molecule has 0 aromatic carbocycles. The van der Waals surface area contributed by atoms with Gasteiger partial charge in [-0.25, -0.2) is 0 Å². The molecule has 1 fully saturated rings. The van der Waals surface area contributed by atoms with E-state index in [2.05, 4.69) is 6.58 Å². The van der Waals surface area contributed by atoms with Gasteiger partial charge in [0.2, 0.25) is 0 Å². The predicted octanol–water partition coefficient (Wildman–Crippen LogP) is 2.49. The van der Waals surface area contributed by atoms with Crippen molar-refractivity contribution in [1.82, 2.24) is 0 Å². The van der Waals surface area contributed by atoms with Gasteiger partial charge in [-0.3, -0.25) is 0 Å². The second-order valence-corrected chi connectivity index (χ2v) is 3.95. The van der Waals surface area contributed by atoms with Crippen molar-refractivity contribution in [3.63, 3.8) is 0 Å². The van der Waals surface area contributed by atoms with Crippen LogP contribution in [0.15, 0.2) is 12.2 Å². The summed E-state index contributed by atoms with van der Waals surface area (Å²) in [6.45, 7) is 10.5. The summed E-state index contributed by atoms with van der Waals surface area (Å²) in [5.74, 6) is -0.375. The molecule has 0 saturated carbocycles. The summed E-state index contributed by atoms with van der Waals surface area (Å²) in [5.41, 5.74) is 1.21. The van der Waals surface area contributed by atoms with E-state index in [1.54, 1.807) is 0 Å². The topological polar surface area (TPSA) is 18.5 Å². The van der Waals surface area contributed by atoms with Gasteiger partial charge in [-0.15, -0.1) is 6.58 Å². The molecular weight excluding hydrogens is 152 g/mol. The molecule has 0 aliphatic carbocycles. The first-order chi connectivity index (χ1) is 5.49. The lowest BCUT2D eigenvalue weighted by Gasteiger charge is -2.16. The smallest absolute Gasteiger partial charge is 0.163 e. The molecule has 0 aromatic rings. The molecular formula is C10H18O2. The van der Waals surface area contributed by atoms with Crippen LogP contribution in [0.3, 0.4) is 0 Å². The average Bonchev–Trinajstić information content (AvgIpc) is 2.26. The molecule has 0 N–H and O–H groups in total. The fourth-order valence-electron chi connectivity index (χ4n) is 1.31. The molecule has 70 valence electrons. The fraction of sp³-hybridized carbons (Fsp3) is 0.800. The van der Waals surface area contributed by atoms with E-state index in [1.165, 1.54) is 5.57 Å². The molecule has 0 aromatic heterocycles. The lowest BCUT2D eigenvalue weighted by atomic mass is 10.1. The van der Waals surface area contributed by atoms with Crippen molar-refractivity contribution in [2.24, 2.45) is 0 Å². The fourth-order valence-corrected chi connectivity index (χ4v) is 1.31. The molecule has 0 bridgehead atoms. The standard InChI is InChI=1S/C10H18O2/c1-8(2)5-6-9-7-11-10(3,4)12-9/h9H,1,5-7H2,2-4H3. The van der Waals surface area contributed by atoms with Gasteiger partial charge in [0, 0.05) is 0 Å². The third-order valence-corrected chi connectivity index (χ3v) is 1.96. The number of allylic oxidation sites excluding steroid dienone is 1. The Labute approximate surface area is 74.6 Å². The van der Waals surface area contributed by atoms with Crippen LogP contribution in [0.4, 0.5) is 0 Å². The van der Waals surface area contributed by atoms with Gasteiger partial charge in [-0.2, -0.15) is 0 Å². The molecule has 1 heterocycles. The maximum absolute atomic E-state index is 5.64. The highest BCUT2D eigenvalue weighted by Gasteiger charge is 2.31. The highest BCUT2D eigenvalue weighted by Crippen LogP contribution is 2.25. The number of hydrogen-bond acceptors (Lipinski definition) is 2. The Morgan fingerprint density at radius 1 is 1.58 bits per heavy atom. The zero-order chi connectivity index (χ0) is 9.19. The van der Waals surface area contributed by atoms with E-state index in [4.69, 9.17) is 9.47 Å². The van der Waals surface area contributed by atoms with Crippen LogP contribution in [0.5, 0.6) is 0 Å². The summed E-state index contributed by atoms with van der Waals surface area (Å²) in [6, 6.07) is 0. The third-order valence-electron chi connectivity index (χ3n) is 1.96. The van der Waals surface area contributed by atoms with E-state index in [0.29, 0.717) is 0 Å². The van der Waals surface area contributed by atoms with E-state index in [0.717, 1.165) is 19.4 Å². The molecule has 1 atom stereocenters. The molecule has 0 spiro atoms. The van der Waals surface area contributed by atoms with Gasteiger partial charge in [0.15, 0.2) is 5.79 Å². The number of rotatable bonds is 3. The van der Waals surface area contributed by atoms with E-state index in [1.807, 2.05) is 20.8 Å². The van der Waals surface area contributed by atoms with Crippen molar-refractivity contribution < 1.29 is 9.47 Å². The van der Waals surface area contributed by atoms with Gasteiger partial charge in [0.25, 0.3) is 0 Å². The second kappa shape index (κ2) is 3.58. The van der Waals surface area contributed by atoms with Crippen molar-refractivity contribution in [3.05, 3.63) is 12.2 Å². The first kappa shape index (κ1) is 9.75. The molecule has 1 saturated heterocycles. The third kappa shape index (κ3) is 2.95. The number of hydrogen-bond donors (Lipinski definition) is 0. The minimum Gasteiger partial charge on any atom is -0.348 e.